The average molecular weight is 402 g/mol. The van der Waals surface area contributed by atoms with Gasteiger partial charge in [-0.1, -0.05) is 22.0 Å². The van der Waals surface area contributed by atoms with Crippen molar-refractivity contribution in [2.45, 2.75) is 6.92 Å². The van der Waals surface area contributed by atoms with Crippen LogP contribution in [0.25, 0.3) is 10.9 Å². The summed E-state index contributed by atoms with van der Waals surface area (Å²) in [5.74, 6) is -0.218. The molecule has 1 aromatic heterocycles. The normalized spacial score (nSPS) is 10.5. The van der Waals surface area contributed by atoms with Crippen LogP contribution in [-0.4, -0.2) is 23.6 Å². The Labute approximate surface area is 152 Å². The summed E-state index contributed by atoms with van der Waals surface area (Å²) in [5.41, 5.74) is 2.65. The third-order valence-corrected chi connectivity index (χ3v) is 4.23. The molecular weight excluding hydrogens is 386 g/mol. The number of aromatic amines is 1. The minimum absolute atomic E-state index is 0.218. The molecule has 25 heavy (non-hydrogen) atoms. The molecular formula is C18H16BrN3O3. The third kappa shape index (κ3) is 3.83. The smallest absolute Gasteiger partial charge is 0.411 e. The highest BCUT2D eigenvalue weighted by Crippen LogP contribution is 2.27. The number of benzene rings is 2. The molecule has 2 aromatic carbocycles. The summed E-state index contributed by atoms with van der Waals surface area (Å²) in [4.78, 5) is 27.0. The highest BCUT2D eigenvalue weighted by molar-refractivity contribution is 9.10. The van der Waals surface area contributed by atoms with Crippen LogP contribution < -0.4 is 10.6 Å². The van der Waals surface area contributed by atoms with Crippen molar-refractivity contribution in [3.05, 3.63) is 58.7 Å². The van der Waals surface area contributed by atoms with Gasteiger partial charge in [-0.25, -0.2) is 4.79 Å². The number of nitrogens with one attached hydrogen (secondary N) is 3. The van der Waals surface area contributed by atoms with Crippen LogP contribution >= 0.6 is 15.9 Å². The van der Waals surface area contributed by atoms with E-state index in [0.29, 0.717) is 23.5 Å². The molecule has 0 atom stereocenters. The molecule has 3 aromatic rings. The summed E-state index contributed by atoms with van der Waals surface area (Å²) in [6, 6.07) is 12.5. The summed E-state index contributed by atoms with van der Waals surface area (Å²) in [5, 5.41) is 6.28. The fourth-order valence-electron chi connectivity index (χ4n) is 2.44. The second-order valence-corrected chi connectivity index (χ2v) is 6.10. The number of amides is 2. The van der Waals surface area contributed by atoms with Gasteiger partial charge in [0.05, 0.1) is 12.2 Å². The standard InChI is InChI=1S/C18H16BrN3O3/c1-2-25-18(24)22-12-8-6-11(7-9-12)21-17(23)13-10-20-15-5-3-4-14(19)16(13)15/h3-10,20H,2H2,1H3,(H,21,23)(H,22,24). The van der Waals surface area contributed by atoms with Gasteiger partial charge >= 0.3 is 6.09 Å². The van der Waals surface area contributed by atoms with Crippen LogP contribution in [0.1, 0.15) is 17.3 Å². The van der Waals surface area contributed by atoms with E-state index >= 15 is 0 Å². The Morgan fingerprint density at radius 1 is 1.08 bits per heavy atom. The van der Waals surface area contributed by atoms with E-state index in [1.807, 2.05) is 18.2 Å². The van der Waals surface area contributed by atoms with Gasteiger partial charge in [0.15, 0.2) is 0 Å². The first-order valence-electron chi connectivity index (χ1n) is 7.69. The molecule has 2 amide bonds. The first kappa shape index (κ1) is 17.0. The average Bonchev–Trinajstić information content (AvgIpc) is 3.02. The van der Waals surface area contributed by atoms with Crippen LogP contribution in [0.2, 0.25) is 0 Å². The SMILES string of the molecule is CCOC(=O)Nc1ccc(NC(=O)c2c[nH]c3cccc(Br)c23)cc1. The van der Waals surface area contributed by atoms with E-state index in [4.69, 9.17) is 4.74 Å². The molecule has 0 bridgehead atoms. The van der Waals surface area contributed by atoms with Gasteiger partial charge in [0.1, 0.15) is 0 Å². The highest BCUT2D eigenvalue weighted by atomic mass is 79.9. The first-order chi connectivity index (χ1) is 12.1. The quantitative estimate of drug-likeness (QED) is 0.589. The van der Waals surface area contributed by atoms with Crippen LogP contribution in [0.5, 0.6) is 0 Å². The minimum atomic E-state index is -0.511. The van der Waals surface area contributed by atoms with Crippen LogP contribution in [-0.2, 0) is 4.74 Å². The van der Waals surface area contributed by atoms with Crippen molar-refractivity contribution in [1.82, 2.24) is 4.98 Å². The van der Waals surface area contributed by atoms with Crippen molar-refractivity contribution in [3.8, 4) is 0 Å². The summed E-state index contributed by atoms with van der Waals surface area (Å²) in [6.07, 6.45) is 1.17. The number of halogens is 1. The Morgan fingerprint density at radius 2 is 1.76 bits per heavy atom. The largest absolute Gasteiger partial charge is 0.450 e. The summed E-state index contributed by atoms with van der Waals surface area (Å²) in [7, 11) is 0. The molecule has 6 nitrogen and oxygen atoms in total. The molecule has 3 rings (SSSR count). The van der Waals surface area contributed by atoms with Gasteiger partial charge in [-0.15, -0.1) is 0 Å². The highest BCUT2D eigenvalue weighted by Gasteiger charge is 2.14. The number of fused-ring (bicyclic) bond motifs is 1. The molecule has 0 spiro atoms. The molecule has 0 aliphatic carbocycles. The van der Waals surface area contributed by atoms with E-state index < -0.39 is 6.09 Å². The van der Waals surface area contributed by atoms with Gasteiger partial charge in [-0.05, 0) is 43.3 Å². The first-order valence-corrected chi connectivity index (χ1v) is 8.48. The number of hydrogen-bond donors (Lipinski definition) is 3. The number of rotatable bonds is 4. The number of ether oxygens (including phenoxy) is 1. The number of aromatic nitrogens is 1. The second kappa shape index (κ2) is 7.40. The van der Waals surface area contributed by atoms with E-state index in [-0.39, 0.29) is 5.91 Å². The molecule has 0 fully saturated rings. The summed E-state index contributed by atoms with van der Waals surface area (Å²) in [6.45, 7) is 2.04. The molecule has 0 aliphatic rings. The van der Waals surface area contributed by atoms with Gasteiger partial charge in [0.2, 0.25) is 0 Å². The van der Waals surface area contributed by atoms with E-state index in [2.05, 4.69) is 31.5 Å². The molecule has 3 N–H and O–H groups in total. The van der Waals surface area contributed by atoms with E-state index in [9.17, 15) is 9.59 Å². The fraction of sp³-hybridized carbons (Fsp3) is 0.111. The fourth-order valence-corrected chi connectivity index (χ4v) is 3.02. The molecule has 0 aliphatic heterocycles. The zero-order valence-electron chi connectivity index (χ0n) is 13.4. The Morgan fingerprint density at radius 3 is 2.44 bits per heavy atom. The molecule has 0 saturated heterocycles. The van der Waals surface area contributed by atoms with Gasteiger partial charge in [-0.3, -0.25) is 10.1 Å². The van der Waals surface area contributed by atoms with Crippen molar-refractivity contribution in [1.29, 1.82) is 0 Å². The summed E-state index contributed by atoms with van der Waals surface area (Å²) >= 11 is 3.47. The maximum atomic E-state index is 12.5. The van der Waals surface area contributed by atoms with Crippen LogP contribution in [0.4, 0.5) is 16.2 Å². The predicted octanol–water partition coefficient (Wildman–Crippen LogP) is 4.75. The zero-order valence-corrected chi connectivity index (χ0v) is 15.0. The van der Waals surface area contributed by atoms with Gasteiger partial charge in [0.25, 0.3) is 5.91 Å². The lowest BCUT2D eigenvalue weighted by Gasteiger charge is -2.08. The molecule has 128 valence electrons. The number of carbonyl (C=O) groups is 2. The lowest BCUT2D eigenvalue weighted by molar-refractivity contribution is 0.102. The molecule has 0 radical (unpaired) electrons. The third-order valence-electron chi connectivity index (χ3n) is 3.56. The molecule has 0 saturated carbocycles. The van der Waals surface area contributed by atoms with Crippen molar-refractivity contribution >= 4 is 50.2 Å². The molecule has 7 heteroatoms. The zero-order chi connectivity index (χ0) is 17.8. The second-order valence-electron chi connectivity index (χ2n) is 5.24. The van der Waals surface area contributed by atoms with E-state index in [0.717, 1.165) is 15.4 Å². The number of anilines is 2. The van der Waals surface area contributed by atoms with Crippen LogP contribution in [0.3, 0.4) is 0 Å². The maximum absolute atomic E-state index is 12.5. The van der Waals surface area contributed by atoms with Crippen molar-refractivity contribution < 1.29 is 14.3 Å². The van der Waals surface area contributed by atoms with E-state index in [1.165, 1.54) is 0 Å². The van der Waals surface area contributed by atoms with Crippen LogP contribution in [0, 0.1) is 0 Å². The minimum Gasteiger partial charge on any atom is -0.450 e. The van der Waals surface area contributed by atoms with E-state index in [1.54, 1.807) is 37.4 Å². The lowest BCUT2D eigenvalue weighted by atomic mass is 10.1. The lowest BCUT2D eigenvalue weighted by Crippen LogP contribution is -2.14. The maximum Gasteiger partial charge on any atom is 0.411 e. The van der Waals surface area contributed by atoms with Gasteiger partial charge in [0, 0.05) is 32.9 Å². The Bertz CT molecular complexity index is 919. The summed E-state index contributed by atoms with van der Waals surface area (Å²) < 4.78 is 5.67. The molecule has 1 heterocycles. The Kier molecular flexibility index (Phi) is 5.04. The van der Waals surface area contributed by atoms with Crippen molar-refractivity contribution in [2.75, 3.05) is 17.2 Å². The van der Waals surface area contributed by atoms with Crippen LogP contribution in [0.15, 0.2) is 53.1 Å². The Hall–Kier alpha value is -2.80. The Balaban J connectivity index is 1.73. The number of H-pyrrole nitrogens is 1. The van der Waals surface area contributed by atoms with Crippen molar-refractivity contribution in [3.63, 3.8) is 0 Å². The number of carbonyl (C=O) groups excluding carboxylic acids is 2. The number of hydrogen-bond acceptors (Lipinski definition) is 3. The predicted molar refractivity (Wildman–Crippen MR) is 101 cm³/mol. The van der Waals surface area contributed by atoms with Gasteiger partial charge < -0.3 is 15.0 Å². The van der Waals surface area contributed by atoms with Gasteiger partial charge in [-0.2, -0.15) is 0 Å². The van der Waals surface area contributed by atoms with Crippen molar-refractivity contribution in [2.24, 2.45) is 0 Å². The molecule has 0 unspecified atom stereocenters. The topological polar surface area (TPSA) is 83.2 Å². The monoisotopic (exact) mass is 401 g/mol.